The first kappa shape index (κ1) is 12.2. The molecule has 1 amide bonds. The number of amides is 1. The summed E-state index contributed by atoms with van der Waals surface area (Å²) in [7, 11) is 1.31. The number of carbonyl (C=O) groups is 2. The molecule has 1 rings (SSSR count). The molecular formula is C12H15NO3. The van der Waals surface area contributed by atoms with Gasteiger partial charge in [-0.25, -0.2) is 4.79 Å². The van der Waals surface area contributed by atoms with Crippen molar-refractivity contribution in [3.05, 3.63) is 35.9 Å². The fourth-order valence-electron chi connectivity index (χ4n) is 1.30. The summed E-state index contributed by atoms with van der Waals surface area (Å²) in [6.45, 7) is 1.81. The van der Waals surface area contributed by atoms with Crippen LogP contribution in [0.4, 0.5) is 0 Å². The zero-order chi connectivity index (χ0) is 12.0. The monoisotopic (exact) mass is 221 g/mol. The van der Waals surface area contributed by atoms with Gasteiger partial charge in [-0.05, 0) is 18.6 Å². The van der Waals surface area contributed by atoms with Crippen LogP contribution in [0.5, 0.6) is 0 Å². The first-order chi connectivity index (χ1) is 7.69. The van der Waals surface area contributed by atoms with Crippen LogP contribution in [0.2, 0.25) is 0 Å². The van der Waals surface area contributed by atoms with E-state index in [2.05, 4.69) is 10.1 Å². The highest BCUT2D eigenvalue weighted by atomic mass is 16.5. The van der Waals surface area contributed by atoms with Crippen LogP contribution < -0.4 is 5.32 Å². The van der Waals surface area contributed by atoms with E-state index in [1.807, 2.05) is 13.0 Å². The summed E-state index contributed by atoms with van der Waals surface area (Å²) >= 11 is 0. The molecule has 1 aromatic carbocycles. The lowest BCUT2D eigenvalue weighted by atomic mass is 10.1. The van der Waals surface area contributed by atoms with E-state index in [-0.39, 0.29) is 5.91 Å². The van der Waals surface area contributed by atoms with Gasteiger partial charge in [0.25, 0.3) is 5.91 Å². The number of ether oxygens (including phenoxy) is 1. The Hall–Kier alpha value is -1.84. The van der Waals surface area contributed by atoms with E-state index in [1.165, 1.54) is 7.11 Å². The van der Waals surface area contributed by atoms with Gasteiger partial charge in [0, 0.05) is 5.56 Å². The average molecular weight is 221 g/mol. The Balaban J connectivity index is 2.66. The van der Waals surface area contributed by atoms with Crippen LogP contribution in [0, 0.1) is 0 Å². The first-order valence-corrected chi connectivity index (χ1v) is 5.12. The van der Waals surface area contributed by atoms with Gasteiger partial charge in [-0.2, -0.15) is 0 Å². The van der Waals surface area contributed by atoms with Crippen molar-refractivity contribution in [1.29, 1.82) is 0 Å². The van der Waals surface area contributed by atoms with Crippen LogP contribution in [-0.2, 0) is 9.53 Å². The van der Waals surface area contributed by atoms with E-state index in [1.54, 1.807) is 24.3 Å². The van der Waals surface area contributed by atoms with E-state index in [0.717, 1.165) is 0 Å². The highest BCUT2D eigenvalue weighted by molar-refractivity contribution is 5.96. The molecule has 4 heteroatoms. The first-order valence-electron chi connectivity index (χ1n) is 5.12. The predicted molar refractivity (Wildman–Crippen MR) is 60.0 cm³/mol. The van der Waals surface area contributed by atoms with Crippen molar-refractivity contribution in [1.82, 2.24) is 5.32 Å². The van der Waals surface area contributed by atoms with Crippen molar-refractivity contribution < 1.29 is 14.3 Å². The van der Waals surface area contributed by atoms with E-state index in [0.29, 0.717) is 12.0 Å². The summed E-state index contributed by atoms with van der Waals surface area (Å²) in [5.74, 6) is -0.690. The van der Waals surface area contributed by atoms with Crippen LogP contribution in [0.25, 0.3) is 0 Å². The number of esters is 1. The van der Waals surface area contributed by atoms with E-state index in [4.69, 9.17) is 0 Å². The van der Waals surface area contributed by atoms with Crippen molar-refractivity contribution in [2.75, 3.05) is 7.11 Å². The molecule has 0 aliphatic carbocycles. The number of carbonyl (C=O) groups excluding carboxylic acids is 2. The van der Waals surface area contributed by atoms with Gasteiger partial charge in [0.2, 0.25) is 0 Å². The quantitative estimate of drug-likeness (QED) is 0.781. The summed E-state index contributed by atoms with van der Waals surface area (Å²) in [5, 5.41) is 2.62. The van der Waals surface area contributed by atoms with Crippen LogP contribution in [0.15, 0.2) is 30.3 Å². The minimum atomic E-state index is -0.585. The molecule has 0 spiro atoms. The molecule has 0 saturated heterocycles. The third-order valence-corrected chi connectivity index (χ3v) is 2.24. The number of hydrogen-bond acceptors (Lipinski definition) is 3. The second kappa shape index (κ2) is 5.90. The Morgan fingerprint density at radius 3 is 2.44 bits per heavy atom. The van der Waals surface area contributed by atoms with Crippen LogP contribution in [0.1, 0.15) is 23.7 Å². The highest BCUT2D eigenvalue weighted by Crippen LogP contribution is 2.01. The van der Waals surface area contributed by atoms with E-state index < -0.39 is 12.0 Å². The predicted octanol–water partition coefficient (Wildman–Crippen LogP) is 1.37. The third-order valence-electron chi connectivity index (χ3n) is 2.24. The highest BCUT2D eigenvalue weighted by Gasteiger charge is 2.19. The van der Waals surface area contributed by atoms with Gasteiger partial charge >= 0.3 is 5.97 Å². The Morgan fingerprint density at radius 1 is 1.31 bits per heavy atom. The normalized spacial score (nSPS) is 11.6. The van der Waals surface area contributed by atoms with Gasteiger partial charge in [-0.1, -0.05) is 25.1 Å². The summed E-state index contributed by atoms with van der Waals surface area (Å²) in [6.07, 6.45) is 0.505. The molecule has 0 bridgehead atoms. The van der Waals surface area contributed by atoms with Gasteiger partial charge in [-0.3, -0.25) is 4.79 Å². The Labute approximate surface area is 94.6 Å². The Kier molecular flexibility index (Phi) is 4.51. The molecule has 0 fully saturated rings. The lowest BCUT2D eigenvalue weighted by Crippen LogP contribution is -2.40. The standard InChI is InChI=1S/C12H15NO3/c1-3-10(12(15)16-2)13-11(14)9-7-5-4-6-8-9/h4-8,10H,3H2,1-2H3,(H,13,14)/t10-/m0/s1. The summed E-state index contributed by atoms with van der Waals surface area (Å²) < 4.78 is 4.59. The number of rotatable bonds is 4. The lowest BCUT2D eigenvalue weighted by molar-refractivity contribution is -0.142. The van der Waals surface area contributed by atoms with Gasteiger partial charge in [0.05, 0.1) is 7.11 Å². The number of nitrogens with one attached hydrogen (secondary N) is 1. The fraction of sp³-hybridized carbons (Fsp3) is 0.333. The maximum absolute atomic E-state index is 11.7. The molecule has 1 atom stereocenters. The van der Waals surface area contributed by atoms with Crippen LogP contribution in [0.3, 0.4) is 0 Å². The molecule has 16 heavy (non-hydrogen) atoms. The van der Waals surface area contributed by atoms with Gasteiger partial charge in [0.1, 0.15) is 6.04 Å². The molecule has 4 nitrogen and oxygen atoms in total. The fourth-order valence-corrected chi connectivity index (χ4v) is 1.30. The van der Waals surface area contributed by atoms with Crippen LogP contribution >= 0.6 is 0 Å². The zero-order valence-corrected chi connectivity index (χ0v) is 9.40. The molecule has 0 aliphatic heterocycles. The second-order valence-corrected chi connectivity index (χ2v) is 3.32. The Bertz CT molecular complexity index is 362. The molecule has 0 aromatic heterocycles. The molecule has 0 unspecified atom stereocenters. The number of hydrogen-bond donors (Lipinski definition) is 1. The SMILES string of the molecule is CC[C@H](NC(=O)c1ccccc1)C(=O)OC. The molecule has 0 heterocycles. The zero-order valence-electron chi connectivity index (χ0n) is 9.40. The van der Waals surface area contributed by atoms with Gasteiger partial charge in [-0.15, -0.1) is 0 Å². The average Bonchev–Trinajstić information content (AvgIpc) is 2.35. The summed E-state index contributed by atoms with van der Waals surface area (Å²) in [4.78, 5) is 23.0. The molecule has 0 radical (unpaired) electrons. The lowest BCUT2D eigenvalue weighted by Gasteiger charge is -2.14. The molecule has 1 N–H and O–H groups in total. The minimum absolute atomic E-state index is 0.266. The molecule has 0 saturated carbocycles. The summed E-state index contributed by atoms with van der Waals surface area (Å²) in [5.41, 5.74) is 0.532. The molecular weight excluding hydrogens is 206 g/mol. The largest absolute Gasteiger partial charge is 0.467 e. The molecule has 86 valence electrons. The van der Waals surface area contributed by atoms with E-state index >= 15 is 0 Å². The van der Waals surface area contributed by atoms with Crippen molar-refractivity contribution in [3.8, 4) is 0 Å². The van der Waals surface area contributed by atoms with Crippen molar-refractivity contribution in [2.45, 2.75) is 19.4 Å². The van der Waals surface area contributed by atoms with Crippen molar-refractivity contribution in [2.24, 2.45) is 0 Å². The summed E-state index contributed by atoms with van der Waals surface area (Å²) in [6, 6.07) is 8.17. The smallest absolute Gasteiger partial charge is 0.328 e. The second-order valence-electron chi connectivity index (χ2n) is 3.32. The Morgan fingerprint density at radius 2 is 1.94 bits per heavy atom. The van der Waals surface area contributed by atoms with Crippen molar-refractivity contribution >= 4 is 11.9 Å². The van der Waals surface area contributed by atoms with Gasteiger partial charge < -0.3 is 10.1 Å². The number of methoxy groups -OCH3 is 1. The number of benzene rings is 1. The topological polar surface area (TPSA) is 55.4 Å². The minimum Gasteiger partial charge on any atom is -0.467 e. The molecule has 1 aromatic rings. The third kappa shape index (κ3) is 3.08. The van der Waals surface area contributed by atoms with Crippen LogP contribution in [-0.4, -0.2) is 25.0 Å². The maximum atomic E-state index is 11.7. The maximum Gasteiger partial charge on any atom is 0.328 e. The van der Waals surface area contributed by atoms with E-state index in [9.17, 15) is 9.59 Å². The van der Waals surface area contributed by atoms with Gasteiger partial charge in [0.15, 0.2) is 0 Å². The molecule has 0 aliphatic rings. The van der Waals surface area contributed by atoms with Crippen molar-refractivity contribution in [3.63, 3.8) is 0 Å².